The summed E-state index contributed by atoms with van der Waals surface area (Å²) in [6.45, 7) is -1.90. The molecule has 0 saturated heterocycles. The van der Waals surface area contributed by atoms with E-state index < -0.39 is 19.1 Å². The summed E-state index contributed by atoms with van der Waals surface area (Å²) >= 11 is 0. The molecule has 0 atom stereocenters. The number of alkyl halides is 2. The Labute approximate surface area is 96.7 Å². The minimum absolute atomic E-state index is 0.0799. The van der Waals surface area contributed by atoms with E-state index in [1.807, 2.05) is 6.07 Å². The molecule has 0 radical (unpaired) electrons. The third-order valence-corrected chi connectivity index (χ3v) is 2.67. The van der Waals surface area contributed by atoms with Gasteiger partial charge in [0, 0.05) is 5.92 Å². The topological polar surface area (TPSA) is 74.7 Å². The lowest BCUT2D eigenvalue weighted by atomic mass is 10.2. The van der Waals surface area contributed by atoms with E-state index >= 15 is 0 Å². The lowest BCUT2D eigenvalue weighted by molar-refractivity contribution is -0.0660. The van der Waals surface area contributed by atoms with Crippen LogP contribution in [0.25, 0.3) is 0 Å². The molecule has 0 unspecified atom stereocenters. The van der Waals surface area contributed by atoms with Crippen LogP contribution in [0.1, 0.15) is 30.1 Å². The minimum atomic E-state index is -3.21. The highest BCUT2D eigenvalue weighted by molar-refractivity contribution is 5.23. The fourth-order valence-electron chi connectivity index (χ4n) is 1.75. The highest BCUT2D eigenvalue weighted by Gasteiger charge is 2.35. The second-order valence-corrected chi connectivity index (χ2v) is 4.20. The number of hydrogen-bond acceptors (Lipinski definition) is 4. The van der Waals surface area contributed by atoms with Gasteiger partial charge < -0.3 is 5.11 Å². The van der Waals surface area contributed by atoms with Gasteiger partial charge in [-0.2, -0.15) is 5.26 Å². The first kappa shape index (κ1) is 11.9. The quantitative estimate of drug-likeness (QED) is 0.830. The molecule has 0 aromatic carbocycles. The largest absolute Gasteiger partial charge is 0.390 e. The van der Waals surface area contributed by atoms with Crippen molar-refractivity contribution in [1.29, 1.82) is 5.26 Å². The van der Waals surface area contributed by atoms with Crippen LogP contribution in [-0.4, -0.2) is 32.6 Å². The number of rotatable bonds is 5. The summed E-state index contributed by atoms with van der Waals surface area (Å²) in [5.41, 5.74) is 1.10. The Morgan fingerprint density at radius 1 is 1.53 bits per heavy atom. The van der Waals surface area contributed by atoms with Gasteiger partial charge in [-0.3, -0.25) is 0 Å². The standard InChI is InChI=1S/C10H12F2N4O/c11-10(12,6-17)5-16-9(7-1-2-7)8(3-4-13)14-15-16/h7,17H,1-3,5-6H2. The monoisotopic (exact) mass is 242 g/mol. The van der Waals surface area contributed by atoms with Gasteiger partial charge in [0.25, 0.3) is 5.92 Å². The van der Waals surface area contributed by atoms with Crippen molar-refractivity contribution in [3.8, 4) is 6.07 Å². The molecule has 0 aliphatic heterocycles. The van der Waals surface area contributed by atoms with Crippen LogP contribution in [0.3, 0.4) is 0 Å². The predicted molar refractivity (Wildman–Crippen MR) is 53.3 cm³/mol. The van der Waals surface area contributed by atoms with E-state index in [9.17, 15) is 8.78 Å². The maximum Gasteiger partial charge on any atom is 0.289 e. The van der Waals surface area contributed by atoms with Crippen molar-refractivity contribution < 1.29 is 13.9 Å². The molecule has 5 nitrogen and oxygen atoms in total. The van der Waals surface area contributed by atoms with E-state index in [4.69, 9.17) is 10.4 Å². The molecule has 1 heterocycles. The third kappa shape index (κ3) is 2.58. The summed E-state index contributed by atoms with van der Waals surface area (Å²) in [6, 6.07) is 1.94. The van der Waals surface area contributed by atoms with Gasteiger partial charge in [0.15, 0.2) is 0 Å². The van der Waals surface area contributed by atoms with Crippen LogP contribution in [0.15, 0.2) is 0 Å². The summed E-state index contributed by atoms with van der Waals surface area (Å²) in [5, 5.41) is 24.6. The molecule has 1 aliphatic carbocycles. The molecule has 0 bridgehead atoms. The molecule has 1 N–H and O–H groups in total. The van der Waals surface area contributed by atoms with Gasteiger partial charge in [-0.05, 0) is 12.8 Å². The van der Waals surface area contributed by atoms with Crippen molar-refractivity contribution in [1.82, 2.24) is 15.0 Å². The van der Waals surface area contributed by atoms with Crippen molar-refractivity contribution >= 4 is 0 Å². The van der Waals surface area contributed by atoms with Gasteiger partial charge in [-0.25, -0.2) is 13.5 Å². The van der Waals surface area contributed by atoms with Crippen LogP contribution in [0.2, 0.25) is 0 Å². The molecular formula is C10H12F2N4O. The molecule has 1 aromatic rings. The highest BCUT2D eigenvalue weighted by atomic mass is 19.3. The molecule has 1 aliphatic rings. The van der Waals surface area contributed by atoms with Crippen molar-refractivity contribution in [2.45, 2.75) is 37.6 Å². The van der Waals surface area contributed by atoms with Crippen LogP contribution < -0.4 is 0 Å². The van der Waals surface area contributed by atoms with Crippen LogP contribution in [-0.2, 0) is 13.0 Å². The van der Waals surface area contributed by atoms with Gasteiger partial charge in [0.1, 0.15) is 18.8 Å². The molecule has 7 heteroatoms. The van der Waals surface area contributed by atoms with Crippen LogP contribution in [0.4, 0.5) is 8.78 Å². The van der Waals surface area contributed by atoms with Gasteiger partial charge in [-0.15, -0.1) is 5.10 Å². The first-order valence-corrected chi connectivity index (χ1v) is 5.35. The molecule has 92 valence electrons. The maximum atomic E-state index is 13.1. The van der Waals surface area contributed by atoms with Crippen molar-refractivity contribution in [2.75, 3.05) is 6.61 Å². The van der Waals surface area contributed by atoms with E-state index in [2.05, 4.69) is 10.3 Å². The lowest BCUT2D eigenvalue weighted by Gasteiger charge is -2.14. The fraction of sp³-hybridized carbons (Fsp3) is 0.700. The Morgan fingerprint density at radius 3 is 2.76 bits per heavy atom. The Kier molecular flexibility index (Phi) is 3.07. The Bertz CT molecular complexity index is 448. The average Bonchev–Trinajstić information content (AvgIpc) is 3.04. The number of halogens is 2. The number of aliphatic hydroxyl groups is 1. The Morgan fingerprint density at radius 2 is 2.24 bits per heavy atom. The average molecular weight is 242 g/mol. The van der Waals surface area contributed by atoms with E-state index in [0.29, 0.717) is 11.4 Å². The first-order chi connectivity index (χ1) is 8.07. The number of aromatic nitrogens is 3. The van der Waals surface area contributed by atoms with E-state index in [0.717, 1.165) is 17.5 Å². The van der Waals surface area contributed by atoms with E-state index in [-0.39, 0.29) is 12.3 Å². The molecule has 0 spiro atoms. The summed E-state index contributed by atoms with van der Waals surface area (Å²) in [6.07, 6.45) is 1.91. The second-order valence-electron chi connectivity index (χ2n) is 4.20. The molecule has 1 fully saturated rings. The van der Waals surface area contributed by atoms with E-state index in [1.54, 1.807) is 0 Å². The summed E-state index contributed by atoms with van der Waals surface area (Å²) in [4.78, 5) is 0. The van der Waals surface area contributed by atoms with Gasteiger partial charge in [-0.1, -0.05) is 5.21 Å². The SMILES string of the molecule is N#CCc1nnn(CC(F)(F)CO)c1C1CC1. The predicted octanol–water partition coefficient (Wildman–Crippen LogP) is 0.849. The summed E-state index contributed by atoms with van der Waals surface area (Å²) < 4.78 is 27.3. The number of nitriles is 1. The smallest absolute Gasteiger partial charge is 0.289 e. The molecule has 0 amide bonds. The Hall–Kier alpha value is -1.55. The zero-order valence-corrected chi connectivity index (χ0v) is 9.10. The maximum absolute atomic E-state index is 13.1. The normalized spacial score (nSPS) is 15.9. The fourth-order valence-corrected chi connectivity index (χ4v) is 1.75. The number of aliphatic hydroxyl groups excluding tert-OH is 1. The van der Waals surface area contributed by atoms with Crippen LogP contribution in [0, 0.1) is 11.3 Å². The molecule has 1 saturated carbocycles. The van der Waals surface area contributed by atoms with Crippen LogP contribution in [0.5, 0.6) is 0 Å². The third-order valence-electron chi connectivity index (χ3n) is 2.67. The second kappa shape index (κ2) is 4.37. The number of nitrogens with zero attached hydrogens (tertiary/aromatic N) is 4. The van der Waals surface area contributed by atoms with Crippen molar-refractivity contribution in [3.63, 3.8) is 0 Å². The molecule has 1 aromatic heterocycles. The van der Waals surface area contributed by atoms with Gasteiger partial charge >= 0.3 is 0 Å². The first-order valence-electron chi connectivity index (χ1n) is 5.35. The highest BCUT2D eigenvalue weighted by Crippen LogP contribution is 2.41. The lowest BCUT2D eigenvalue weighted by Crippen LogP contribution is -2.29. The molecule has 17 heavy (non-hydrogen) atoms. The van der Waals surface area contributed by atoms with Gasteiger partial charge in [0.05, 0.1) is 18.2 Å². The molecular weight excluding hydrogens is 230 g/mol. The van der Waals surface area contributed by atoms with Crippen molar-refractivity contribution in [2.24, 2.45) is 0 Å². The minimum Gasteiger partial charge on any atom is -0.390 e. The molecule has 2 rings (SSSR count). The summed E-state index contributed by atoms with van der Waals surface area (Å²) in [7, 11) is 0. The zero-order chi connectivity index (χ0) is 12.5. The Balaban J connectivity index is 2.25. The van der Waals surface area contributed by atoms with Gasteiger partial charge in [0.2, 0.25) is 0 Å². The summed E-state index contributed by atoms with van der Waals surface area (Å²) in [5.74, 6) is -3.02. The van der Waals surface area contributed by atoms with Crippen molar-refractivity contribution in [3.05, 3.63) is 11.4 Å². The number of hydrogen-bond donors (Lipinski definition) is 1. The zero-order valence-electron chi connectivity index (χ0n) is 9.10. The van der Waals surface area contributed by atoms with Crippen LogP contribution >= 0.6 is 0 Å². The van der Waals surface area contributed by atoms with E-state index in [1.165, 1.54) is 0 Å².